The van der Waals surface area contributed by atoms with Crippen molar-refractivity contribution in [1.82, 2.24) is 5.32 Å². The summed E-state index contributed by atoms with van der Waals surface area (Å²) in [4.78, 5) is 10.9. The standard InChI is InChI=1S/C32H25F3N2O5S/c33-32(34,35)31(40)36-16-15-20-7-11-27(12-8-20)43(41,42)37-25-5-1-4-24(18-25)30-28-13-9-22(17-23(28)10-14-29(30)39)21-3-2-6-26(38)19-21/h1-14,17-19,37-39H,15-16H2,(H,36,40). The van der Waals surface area contributed by atoms with Crippen LogP contribution in [0.3, 0.4) is 0 Å². The van der Waals surface area contributed by atoms with Gasteiger partial charge in [-0.3, -0.25) is 9.52 Å². The molecule has 0 bridgehead atoms. The number of nitrogens with one attached hydrogen (secondary N) is 2. The summed E-state index contributed by atoms with van der Waals surface area (Å²) in [5, 5.41) is 24.0. The highest BCUT2D eigenvalue weighted by Gasteiger charge is 2.38. The van der Waals surface area contributed by atoms with Crippen LogP contribution >= 0.6 is 0 Å². The zero-order chi connectivity index (χ0) is 30.8. The summed E-state index contributed by atoms with van der Waals surface area (Å²) >= 11 is 0. The smallest absolute Gasteiger partial charge is 0.471 e. The number of halogens is 3. The monoisotopic (exact) mass is 606 g/mol. The largest absolute Gasteiger partial charge is 0.508 e. The van der Waals surface area contributed by atoms with Crippen LogP contribution in [-0.2, 0) is 21.2 Å². The van der Waals surface area contributed by atoms with E-state index in [9.17, 15) is 36.6 Å². The Morgan fingerprint density at radius 1 is 0.767 bits per heavy atom. The molecule has 0 unspecified atom stereocenters. The second kappa shape index (κ2) is 11.7. The molecule has 5 rings (SSSR count). The molecule has 0 radical (unpaired) electrons. The van der Waals surface area contributed by atoms with Crippen LogP contribution in [0.4, 0.5) is 18.9 Å². The van der Waals surface area contributed by atoms with Crippen molar-refractivity contribution in [3.8, 4) is 33.8 Å². The molecule has 11 heteroatoms. The zero-order valence-electron chi connectivity index (χ0n) is 22.4. The summed E-state index contributed by atoms with van der Waals surface area (Å²) < 4.78 is 65.7. The highest BCUT2D eigenvalue weighted by Crippen LogP contribution is 2.39. The van der Waals surface area contributed by atoms with Gasteiger partial charge in [-0.1, -0.05) is 54.6 Å². The van der Waals surface area contributed by atoms with Crippen molar-refractivity contribution in [3.05, 3.63) is 109 Å². The maximum Gasteiger partial charge on any atom is 0.471 e. The Balaban J connectivity index is 1.36. The van der Waals surface area contributed by atoms with Gasteiger partial charge in [-0.25, -0.2) is 8.42 Å². The van der Waals surface area contributed by atoms with Gasteiger partial charge in [-0.15, -0.1) is 0 Å². The summed E-state index contributed by atoms with van der Waals surface area (Å²) in [6.45, 7) is -0.256. The quantitative estimate of drug-likeness (QED) is 0.159. The lowest BCUT2D eigenvalue weighted by Crippen LogP contribution is -2.37. The predicted molar refractivity (Wildman–Crippen MR) is 158 cm³/mol. The van der Waals surface area contributed by atoms with Crippen LogP contribution in [0.15, 0.2) is 108 Å². The molecule has 0 saturated carbocycles. The minimum Gasteiger partial charge on any atom is -0.508 e. The number of hydrogen-bond donors (Lipinski definition) is 4. The van der Waals surface area contributed by atoms with Crippen molar-refractivity contribution < 1.29 is 36.6 Å². The number of sulfonamides is 1. The molecule has 0 aliphatic carbocycles. The molecule has 43 heavy (non-hydrogen) atoms. The molecule has 0 aliphatic heterocycles. The van der Waals surface area contributed by atoms with Crippen LogP contribution in [0.1, 0.15) is 5.56 Å². The summed E-state index contributed by atoms with van der Waals surface area (Å²) in [6.07, 6.45) is -4.88. The molecule has 7 nitrogen and oxygen atoms in total. The number of phenolic OH excluding ortho intramolecular Hbond substituents is 2. The van der Waals surface area contributed by atoms with Gasteiger partial charge in [0, 0.05) is 17.8 Å². The molecule has 220 valence electrons. The third-order valence-corrected chi connectivity index (χ3v) is 8.17. The fraction of sp³-hybridized carbons (Fsp3) is 0.0938. The van der Waals surface area contributed by atoms with E-state index in [2.05, 4.69) is 4.72 Å². The van der Waals surface area contributed by atoms with Gasteiger partial charge in [0.1, 0.15) is 11.5 Å². The molecule has 0 fully saturated rings. The summed E-state index contributed by atoms with van der Waals surface area (Å²) in [5.74, 6) is -1.87. The molecule has 0 heterocycles. The van der Waals surface area contributed by atoms with E-state index in [0.29, 0.717) is 16.7 Å². The van der Waals surface area contributed by atoms with Crippen molar-refractivity contribution in [3.63, 3.8) is 0 Å². The Labute approximate surface area is 245 Å². The van der Waals surface area contributed by atoms with E-state index in [1.807, 2.05) is 24.3 Å². The van der Waals surface area contributed by atoms with Gasteiger partial charge in [-0.05, 0) is 88.0 Å². The molecule has 5 aromatic carbocycles. The van der Waals surface area contributed by atoms with Crippen LogP contribution in [0.25, 0.3) is 33.0 Å². The van der Waals surface area contributed by atoms with Crippen LogP contribution in [0.2, 0.25) is 0 Å². The van der Waals surface area contributed by atoms with E-state index in [1.54, 1.807) is 59.9 Å². The van der Waals surface area contributed by atoms with Crippen molar-refractivity contribution in [2.45, 2.75) is 17.5 Å². The Bertz CT molecular complexity index is 1920. The first-order chi connectivity index (χ1) is 20.4. The van der Waals surface area contributed by atoms with Crippen LogP contribution in [0, 0.1) is 0 Å². The predicted octanol–water partition coefficient (Wildman–Crippen LogP) is 6.61. The maximum atomic E-state index is 13.1. The Hall–Kier alpha value is -5.03. The van der Waals surface area contributed by atoms with E-state index in [-0.39, 0.29) is 35.0 Å². The average Bonchev–Trinajstić information content (AvgIpc) is 2.96. The number of alkyl halides is 3. The minimum atomic E-state index is -4.97. The van der Waals surface area contributed by atoms with Gasteiger partial charge >= 0.3 is 12.1 Å². The maximum absolute atomic E-state index is 13.1. The molecule has 0 aliphatic rings. The second-order valence-corrected chi connectivity index (χ2v) is 11.5. The first-order valence-corrected chi connectivity index (χ1v) is 14.5. The number of carbonyl (C=O) groups excluding carboxylic acids is 1. The van der Waals surface area contributed by atoms with Crippen LogP contribution < -0.4 is 10.0 Å². The highest BCUT2D eigenvalue weighted by atomic mass is 32.2. The normalized spacial score (nSPS) is 11.8. The fourth-order valence-corrected chi connectivity index (χ4v) is 5.74. The lowest BCUT2D eigenvalue weighted by atomic mass is 9.94. The van der Waals surface area contributed by atoms with Gasteiger partial charge in [0.25, 0.3) is 10.0 Å². The Morgan fingerprint density at radius 2 is 1.47 bits per heavy atom. The molecule has 0 aromatic heterocycles. The number of fused-ring (bicyclic) bond motifs is 1. The number of anilines is 1. The lowest BCUT2D eigenvalue weighted by molar-refractivity contribution is -0.173. The summed E-state index contributed by atoms with van der Waals surface area (Å²) in [5.41, 5.74) is 3.59. The van der Waals surface area contributed by atoms with Crippen molar-refractivity contribution in [2.75, 3.05) is 11.3 Å². The van der Waals surface area contributed by atoms with E-state index >= 15 is 0 Å². The topological polar surface area (TPSA) is 116 Å². The fourth-order valence-electron chi connectivity index (χ4n) is 4.69. The summed E-state index contributed by atoms with van der Waals surface area (Å²) in [7, 11) is -4.03. The molecule has 0 atom stereocenters. The first kappa shape index (κ1) is 29.5. The summed E-state index contributed by atoms with van der Waals surface area (Å²) in [6, 6.07) is 28.1. The van der Waals surface area contributed by atoms with Gasteiger partial charge in [0.2, 0.25) is 0 Å². The van der Waals surface area contributed by atoms with Gasteiger partial charge in [0.05, 0.1) is 4.90 Å². The Kier molecular flexibility index (Phi) is 8.01. The first-order valence-electron chi connectivity index (χ1n) is 13.0. The number of phenols is 2. The highest BCUT2D eigenvalue weighted by molar-refractivity contribution is 7.92. The molecule has 1 amide bonds. The third-order valence-electron chi connectivity index (χ3n) is 6.77. The van der Waals surface area contributed by atoms with Crippen molar-refractivity contribution >= 4 is 32.4 Å². The number of benzene rings is 5. The second-order valence-electron chi connectivity index (χ2n) is 9.78. The Morgan fingerprint density at radius 3 is 2.19 bits per heavy atom. The molecule has 0 spiro atoms. The number of amides is 1. The number of hydrogen-bond acceptors (Lipinski definition) is 5. The molecule has 5 aromatic rings. The lowest BCUT2D eigenvalue weighted by Gasteiger charge is -2.14. The minimum absolute atomic E-state index is 0.0135. The van der Waals surface area contributed by atoms with E-state index < -0.39 is 22.1 Å². The van der Waals surface area contributed by atoms with E-state index in [1.165, 1.54) is 24.3 Å². The zero-order valence-corrected chi connectivity index (χ0v) is 23.2. The molecular weight excluding hydrogens is 581 g/mol. The molecular formula is C32H25F3N2O5S. The van der Waals surface area contributed by atoms with E-state index in [4.69, 9.17) is 0 Å². The third kappa shape index (κ3) is 6.73. The van der Waals surface area contributed by atoms with Crippen LogP contribution in [-0.4, -0.2) is 37.3 Å². The van der Waals surface area contributed by atoms with Gasteiger partial charge in [0.15, 0.2) is 0 Å². The number of aromatic hydroxyl groups is 2. The molecule has 0 saturated heterocycles. The molecule has 4 N–H and O–H groups in total. The van der Waals surface area contributed by atoms with Crippen molar-refractivity contribution in [1.29, 1.82) is 0 Å². The van der Waals surface area contributed by atoms with E-state index in [0.717, 1.165) is 21.9 Å². The number of rotatable bonds is 8. The van der Waals surface area contributed by atoms with Gasteiger partial charge in [-0.2, -0.15) is 13.2 Å². The van der Waals surface area contributed by atoms with Crippen molar-refractivity contribution in [2.24, 2.45) is 0 Å². The number of carbonyl (C=O) groups is 1. The average molecular weight is 607 g/mol. The van der Waals surface area contributed by atoms with Gasteiger partial charge < -0.3 is 15.5 Å². The van der Waals surface area contributed by atoms with Crippen LogP contribution in [0.5, 0.6) is 11.5 Å². The SMILES string of the molecule is O=C(NCCc1ccc(S(=O)(=O)Nc2cccc(-c3c(O)ccc4cc(-c5cccc(O)c5)ccc34)c2)cc1)C(F)(F)F.